The van der Waals surface area contributed by atoms with E-state index in [0.29, 0.717) is 6.42 Å². The maximum atomic E-state index is 11.7. The van der Waals surface area contributed by atoms with Crippen LogP contribution in [0.3, 0.4) is 0 Å². The predicted octanol–water partition coefficient (Wildman–Crippen LogP) is 4.98. The highest BCUT2D eigenvalue weighted by molar-refractivity contribution is 5.71. The zero-order chi connectivity index (χ0) is 14.8. The minimum atomic E-state index is -0.650. The van der Waals surface area contributed by atoms with Crippen molar-refractivity contribution in [2.75, 3.05) is 0 Å². The van der Waals surface area contributed by atoms with Gasteiger partial charge in [-0.25, -0.2) is 0 Å². The molecule has 1 unspecified atom stereocenters. The van der Waals surface area contributed by atoms with Crippen LogP contribution in [-0.2, 0) is 4.79 Å². The zero-order valence-electron chi connectivity index (χ0n) is 13.6. The Labute approximate surface area is 113 Å². The number of aliphatic carboxylic acids is 1. The van der Waals surface area contributed by atoms with Crippen LogP contribution in [-0.4, -0.2) is 11.1 Å². The predicted molar refractivity (Wildman–Crippen MR) is 77.7 cm³/mol. The van der Waals surface area contributed by atoms with Crippen LogP contribution < -0.4 is 0 Å². The van der Waals surface area contributed by atoms with Crippen LogP contribution in [0.1, 0.15) is 74.7 Å². The summed E-state index contributed by atoms with van der Waals surface area (Å²) in [5, 5.41) is 9.63. The molecule has 0 heterocycles. The molecule has 0 spiro atoms. The number of rotatable bonds is 7. The summed E-state index contributed by atoms with van der Waals surface area (Å²) in [6.07, 6.45) is 2.69. The lowest BCUT2D eigenvalue weighted by molar-refractivity contribution is -0.163. The third-order valence-electron chi connectivity index (χ3n) is 5.98. The first-order valence-corrected chi connectivity index (χ1v) is 7.24. The maximum Gasteiger partial charge on any atom is 0.307 e. The second-order valence-electron chi connectivity index (χ2n) is 6.98. The van der Waals surface area contributed by atoms with Gasteiger partial charge in [0.05, 0.1) is 5.92 Å². The van der Waals surface area contributed by atoms with Crippen molar-refractivity contribution >= 4 is 5.97 Å². The highest BCUT2D eigenvalue weighted by atomic mass is 16.4. The monoisotopic (exact) mass is 256 g/mol. The van der Waals surface area contributed by atoms with E-state index in [0.717, 1.165) is 12.8 Å². The average Bonchev–Trinajstić information content (AvgIpc) is 2.28. The molecule has 2 heteroatoms. The molecule has 0 saturated carbocycles. The van der Waals surface area contributed by atoms with E-state index >= 15 is 0 Å². The number of carboxylic acids is 1. The highest BCUT2D eigenvalue weighted by Gasteiger charge is 2.55. The van der Waals surface area contributed by atoms with Crippen LogP contribution in [0.15, 0.2) is 0 Å². The van der Waals surface area contributed by atoms with Crippen LogP contribution in [0.4, 0.5) is 0 Å². The third kappa shape index (κ3) is 2.57. The van der Waals surface area contributed by atoms with E-state index in [4.69, 9.17) is 0 Å². The summed E-state index contributed by atoms with van der Waals surface area (Å²) in [6, 6.07) is 0. The summed E-state index contributed by atoms with van der Waals surface area (Å²) < 4.78 is 0. The Morgan fingerprint density at radius 2 is 1.28 bits per heavy atom. The first kappa shape index (κ1) is 17.5. The molecule has 108 valence electrons. The van der Waals surface area contributed by atoms with Gasteiger partial charge < -0.3 is 5.11 Å². The van der Waals surface area contributed by atoms with Crippen LogP contribution in [0.2, 0.25) is 0 Å². The van der Waals surface area contributed by atoms with Gasteiger partial charge in [-0.05, 0) is 22.7 Å². The summed E-state index contributed by atoms with van der Waals surface area (Å²) in [5.74, 6) is -0.939. The SMILES string of the molecule is CCC(C(=O)O)C(C)(C(C)(C)CC)C(C)(C)CC. The van der Waals surface area contributed by atoms with Crippen molar-refractivity contribution in [3.8, 4) is 0 Å². The molecule has 1 N–H and O–H groups in total. The van der Waals surface area contributed by atoms with Gasteiger partial charge in [-0.3, -0.25) is 4.79 Å². The second kappa shape index (κ2) is 5.63. The lowest BCUT2D eigenvalue weighted by Crippen LogP contribution is -2.53. The molecule has 0 aliphatic heterocycles. The summed E-state index contributed by atoms with van der Waals surface area (Å²) in [7, 11) is 0. The number of carbonyl (C=O) groups is 1. The van der Waals surface area contributed by atoms with E-state index in [1.165, 1.54) is 0 Å². The highest BCUT2D eigenvalue weighted by Crippen LogP contribution is 2.59. The zero-order valence-corrected chi connectivity index (χ0v) is 13.6. The molecule has 0 amide bonds. The van der Waals surface area contributed by atoms with E-state index in [-0.39, 0.29) is 22.2 Å². The van der Waals surface area contributed by atoms with Crippen molar-refractivity contribution < 1.29 is 9.90 Å². The Balaban J connectivity index is 5.93. The summed E-state index contributed by atoms with van der Waals surface area (Å²) >= 11 is 0. The first-order chi connectivity index (χ1) is 8.01. The fourth-order valence-electron chi connectivity index (χ4n) is 3.42. The van der Waals surface area contributed by atoms with Crippen molar-refractivity contribution in [1.82, 2.24) is 0 Å². The topological polar surface area (TPSA) is 37.3 Å². The minimum Gasteiger partial charge on any atom is -0.481 e. The molecule has 0 aromatic heterocycles. The van der Waals surface area contributed by atoms with E-state index in [1.54, 1.807) is 0 Å². The van der Waals surface area contributed by atoms with Gasteiger partial charge in [0.15, 0.2) is 0 Å². The largest absolute Gasteiger partial charge is 0.481 e. The lowest BCUT2D eigenvalue weighted by atomic mass is 9.47. The molecule has 0 aliphatic rings. The molecule has 1 atom stereocenters. The molecule has 0 rings (SSSR count). The molecular formula is C16H32O2. The Bertz CT molecular complexity index is 273. The molecule has 0 saturated heterocycles. The maximum absolute atomic E-state index is 11.7. The number of carboxylic acid groups (broad SMARTS) is 1. The minimum absolute atomic E-state index is 0.00553. The van der Waals surface area contributed by atoms with Gasteiger partial charge in [0.25, 0.3) is 0 Å². The van der Waals surface area contributed by atoms with E-state index in [1.807, 2.05) is 6.92 Å². The Morgan fingerprint density at radius 1 is 0.944 bits per heavy atom. The van der Waals surface area contributed by atoms with Gasteiger partial charge in [0.2, 0.25) is 0 Å². The van der Waals surface area contributed by atoms with E-state index in [2.05, 4.69) is 48.5 Å². The molecule has 0 bridgehead atoms. The van der Waals surface area contributed by atoms with Crippen LogP contribution in [0, 0.1) is 22.2 Å². The quantitative estimate of drug-likeness (QED) is 0.697. The third-order valence-corrected chi connectivity index (χ3v) is 5.98. The molecule has 0 radical (unpaired) electrons. The number of hydrogen-bond acceptors (Lipinski definition) is 1. The smallest absolute Gasteiger partial charge is 0.307 e. The summed E-state index contributed by atoms with van der Waals surface area (Å²) in [4.78, 5) is 11.7. The van der Waals surface area contributed by atoms with Crippen LogP contribution >= 0.6 is 0 Å². The molecular weight excluding hydrogens is 224 g/mol. The average molecular weight is 256 g/mol. The summed E-state index contributed by atoms with van der Waals surface area (Å²) in [6.45, 7) is 17.4. The van der Waals surface area contributed by atoms with E-state index in [9.17, 15) is 9.90 Å². The lowest BCUT2D eigenvalue weighted by Gasteiger charge is -2.57. The summed E-state index contributed by atoms with van der Waals surface area (Å²) in [5.41, 5.74) is -0.207. The molecule has 18 heavy (non-hydrogen) atoms. The Kier molecular flexibility index (Phi) is 5.46. The Morgan fingerprint density at radius 3 is 1.44 bits per heavy atom. The molecule has 2 nitrogen and oxygen atoms in total. The van der Waals surface area contributed by atoms with Gasteiger partial charge in [-0.15, -0.1) is 0 Å². The van der Waals surface area contributed by atoms with Gasteiger partial charge in [0.1, 0.15) is 0 Å². The van der Waals surface area contributed by atoms with Gasteiger partial charge in [-0.1, -0.05) is 68.2 Å². The number of hydrogen-bond donors (Lipinski definition) is 1. The molecule has 0 aromatic rings. The van der Waals surface area contributed by atoms with Gasteiger partial charge in [0, 0.05) is 0 Å². The molecule has 0 aromatic carbocycles. The molecule has 0 fully saturated rings. The molecule has 0 aliphatic carbocycles. The van der Waals surface area contributed by atoms with Crippen LogP contribution in [0.5, 0.6) is 0 Å². The Hall–Kier alpha value is -0.530. The van der Waals surface area contributed by atoms with E-state index < -0.39 is 5.97 Å². The van der Waals surface area contributed by atoms with Crippen molar-refractivity contribution in [2.24, 2.45) is 22.2 Å². The second-order valence-corrected chi connectivity index (χ2v) is 6.98. The fraction of sp³-hybridized carbons (Fsp3) is 0.938. The van der Waals surface area contributed by atoms with Crippen LogP contribution in [0.25, 0.3) is 0 Å². The normalized spacial score (nSPS) is 15.6. The van der Waals surface area contributed by atoms with Gasteiger partial charge in [-0.2, -0.15) is 0 Å². The van der Waals surface area contributed by atoms with Crippen molar-refractivity contribution in [2.45, 2.75) is 74.7 Å². The fourth-order valence-corrected chi connectivity index (χ4v) is 3.42. The standard InChI is InChI=1S/C16H32O2/c1-9-12(13(17)18)16(8,14(4,5)10-2)15(6,7)11-3/h12H,9-11H2,1-8H3,(H,17,18). The van der Waals surface area contributed by atoms with Crippen molar-refractivity contribution in [3.05, 3.63) is 0 Å². The first-order valence-electron chi connectivity index (χ1n) is 7.24. The van der Waals surface area contributed by atoms with Crippen molar-refractivity contribution in [3.63, 3.8) is 0 Å². The van der Waals surface area contributed by atoms with Crippen molar-refractivity contribution in [1.29, 1.82) is 0 Å². The van der Waals surface area contributed by atoms with Gasteiger partial charge >= 0.3 is 5.97 Å².